The summed E-state index contributed by atoms with van der Waals surface area (Å²) in [6, 6.07) is 9.52. The van der Waals surface area contributed by atoms with Crippen LogP contribution in [0.1, 0.15) is 27.6 Å². The number of hydrogen-bond acceptors (Lipinski definition) is 5. The van der Waals surface area contributed by atoms with E-state index in [9.17, 15) is 18.4 Å². The van der Waals surface area contributed by atoms with Crippen LogP contribution in [0.2, 0.25) is 0 Å². The summed E-state index contributed by atoms with van der Waals surface area (Å²) in [6.45, 7) is -1.13. The Balaban J connectivity index is 2.06. The second kappa shape index (κ2) is 8.65. The SMILES string of the molecule is CCOc1cc(C(=O)NNc2ccc(C(=O)O)cc2)ccc1OC(F)F. The van der Waals surface area contributed by atoms with Gasteiger partial charge >= 0.3 is 12.6 Å². The van der Waals surface area contributed by atoms with Crippen molar-refractivity contribution in [2.24, 2.45) is 0 Å². The molecule has 0 heterocycles. The first kappa shape index (κ1) is 19.0. The number of carboxylic acids is 1. The van der Waals surface area contributed by atoms with Crippen molar-refractivity contribution in [2.75, 3.05) is 12.0 Å². The molecule has 26 heavy (non-hydrogen) atoms. The number of anilines is 1. The molecule has 0 fully saturated rings. The van der Waals surface area contributed by atoms with Gasteiger partial charge in [-0.1, -0.05) is 0 Å². The summed E-state index contributed by atoms with van der Waals surface area (Å²) in [5, 5.41) is 8.83. The number of benzene rings is 2. The summed E-state index contributed by atoms with van der Waals surface area (Å²) in [5.41, 5.74) is 5.77. The number of rotatable bonds is 8. The zero-order chi connectivity index (χ0) is 19.1. The van der Waals surface area contributed by atoms with Gasteiger partial charge in [-0.2, -0.15) is 8.78 Å². The minimum atomic E-state index is -3.01. The molecule has 0 radical (unpaired) electrons. The Bertz CT molecular complexity index is 781. The standard InChI is InChI=1S/C17H16F2N2O5/c1-2-25-14-9-11(5-8-13(14)26-17(18)19)15(22)21-20-12-6-3-10(4-7-12)16(23)24/h3-9,17,20H,2H2,1H3,(H,21,22)(H,23,24). The topological polar surface area (TPSA) is 96.9 Å². The predicted octanol–water partition coefficient (Wildman–Crippen LogP) is 3.14. The van der Waals surface area contributed by atoms with Crippen molar-refractivity contribution in [2.45, 2.75) is 13.5 Å². The fourth-order valence-corrected chi connectivity index (χ4v) is 2.01. The minimum absolute atomic E-state index is 0.0197. The van der Waals surface area contributed by atoms with Crippen LogP contribution in [0, 0.1) is 0 Å². The second-order valence-electron chi connectivity index (χ2n) is 4.93. The highest BCUT2D eigenvalue weighted by Crippen LogP contribution is 2.29. The van der Waals surface area contributed by atoms with E-state index in [0.29, 0.717) is 5.69 Å². The number of nitrogens with one attached hydrogen (secondary N) is 2. The van der Waals surface area contributed by atoms with Gasteiger partial charge in [-0.3, -0.25) is 15.6 Å². The van der Waals surface area contributed by atoms with E-state index in [1.807, 2.05) is 0 Å². The van der Waals surface area contributed by atoms with Crippen LogP contribution in [-0.2, 0) is 0 Å². The average Bonchev–Trinajstić information content (AvgIpc) is 2.61. The van der Waals surface area contributed by atoms with Crippen LogP contribution < -0.4 is 20.3 Å². The lowest BCUT2D eigenvalue weighted by Crippen LogP contribution is -2.29. The molecule has 0 aliphatic carbocycles. The van der Waals surface area contributed by atoms with Crippen molar-refractivity contribution in [3.05, 3.63) is 53.6 Å². The fraction of sp³-hybridized carbons (Fsp3) is 0.176. The molecule has 0 saturated heterocycles. The number of carboxylic acid groups (broad SMARTS) is 1. The average molecular weight is 366 g/mol. The summed E-state index contributed by atoms with van der Waals surface area (Å²) in [4.78, 5) is 23.0. The number of carbonyl (C=O) groups excluding carboxylic acids is 1. The van der Waals surface area contributed by atoms with Gasteiger partial charge in [-0.05, 0) is 49.4 Å². The van der Waals surface area contributed by atoms with E-state index in [1.54, 1.807) is 6.92 Å². The van der Waals surface area contributed by atoms with Gasteiger partial charge in [0.2, 0.25) is 0 Å². The highest BCUT2D eigenvalue weighted by molar-refractivity contribution is 5.95. The van der Waals surface area contributed by atoms with Crippen molar-refractivity contribution in [3.8, 4) is 11.5 Å². The molecule has 1 amide bonds. The molecule has 7 nitrogen and oxygen atoms in total. The number of hydrogen-bond donors (Lipinski definition) is 3. The molecular formula is C17H16F2N2O5. The Morgan fingerprint density at radius 3 is 2.31 bits per heavy atom. The van der Waals surface area contributed by atoms with Gasteiger partial charge in [0.05, 0.1) is 17.9 Å². The highest BCUT2D eigenvalue weighted by atomic mass is 19.3. The molecule has 0 aliphatic heterocycles. The number of ether oxygens (including phenoxy) is 2. The summed E-state index contributed by atoms with van der Waals surface area (Å²) < 4.78 is 34.3. The lowest BCUT2D eigenvalue weighted by atomic mass is 10.2. The molecule has 0 atom stereocenters. The Morgan fingerprint density at radius 2 is 1.73 bits per heavy atom. The first-order valence-corrected chi connectivity index (χ1v) is 7.52. The zero-order valence-electron chi connectivity index (χ0n) is 13.7. The van der Waals surface area contributed by atoms with E-state index in [1.165, 1.54) is 42.5 Å². The molecule has 0 unspecified atom stereocenters. The van der Waals surface area contributed by atoms with Gasteiger partial charge in [-0.25, -0.2) is 4.79 Å². The van der Waals surface area contributed by atoms with Crippen molar-refractivity contribution in [3.63, 3.8) is 0 Å². The van der Waals surface area contributed by atoms with Crippen LogP contribution in [0.5, 0.6) is 11.5 Å². The third-order valence-corrected chi connectivity index (χ3v) is 3.17. The smallest absolute Gasteiger partial charge is 0.387 e. The number of alkyl halides is 2. The van der Waals surface area contributed by atoms with Gasteiger partial charge in [0, 0.05) is 5.56 Å². The molecule has 0 aliphatic rings. The summed E-state index contributed by atoms with van der Waals surface area (Å²) >= 11 is 0. The van der Waals surface area contributed by atoms with E-state index in [0.717, 1.165) is 0 Å². The maximum atomic E-state index is 12.4. The van der Waals surface area contributed by atoms with Gasteiger partial charge in [-0.15, -0.1) is 0 Å². The lowest BCUT2D eigenvalue weighted by molar-refractivity contribution is -0.0514. The van der Waals surface area contributed by atoms with Crippen LogP contribution in [0.25, 0.3) is 0 Å². The van der Waals surface area contributed by atoms with Gasteiger partial charge in [0.1, 0.15) is 0 Å². The molecule has 0 bridgehead atoms. The van der Waals surface area contributed by atoms with Crippen LogP contribution in [0.15, 0.2) is 42.5 Å². The Labute approximate surface area is 147 Å². The van der Waals surface area contributed by atoms with E-state index in [4.69, 9.17) is 9.84 Å². The van der Waals surface area contributed by atoms with Crippen LogP contribution in [0.4, 0.5) is 14.5 Å². The number of carbonyl (C=O) groups is 2. The Hall–Kier alpha value is -3.36. The lowest BCUT2D eigenvalue weighted by Gasteiger charge is -2.13. The maximum Gasteiger partial charge on any atom is 0.387 e. The van der Waals surface area contributed by atoms with E-state index >= 15 is 0 Å². The van der Waals surface area contributed by atoms with E-state index in [2.05, 4.69) is 15.6 Å². The zero-order valence-corrected chi connectivity index (χ0v) is 13.7. The number of hydrazine groups is 1. The fourth-order valence-electron chi connectivity index (χ4n) is 2.01. The summed E-state index contributed by atoms with van der Waals surface area (Å²) in [7, 11) is 0. The molecule has 2 rings (SSSR count). The summed E-state index contributed by atoms with van der Waals surface area (Å²) in [5.74, 6) is -1.76. The predicted molar refractivity (Wildman–Crippen MR) is 88.7 cm³/mol. The Kier molecular flexibility index (Phi) is 6.31. The third-order valence-electron chi connectivity index (χ3n) is 3.17. The molecule has 2 aromatic carbocycles. The molecule has 9 heteroatoms. The number of aromatic carboxylic acids is 1. The van der Waals surface area contributed by atoms with Gasteiger partial charge < -0.3 is 14.6 Å². The first-order valence-electron chi connectivity index (χ1n) is 7.52. The van der Waals surface area contributed by atoms with Gasteiger partial charge in [0.25, 0.3) is 5.91 Å². The van der Waals surface area contributed by atoms with Crippen molar-refractivity contribution in [1.29, 1.82) is 0 Å². The summed E-state index contributed by atoms with van der Waals surface area (Å²) in [6.07, 6.45) is 0. The molecule has 0 saturated carbocycles. The van der Waals surface area contributed by atoms with Crippen molar-refractivity contribution >= 4 is 17.6 Å². The Morgan fingerprint density at radius 1 is 1.08 bits per heavy atom. The maximum absolute atomic E-state index is 12.4. The minimum Gasteiger partial charge on any atom is -0.490 e. The van der Waals surface area contributed by atoms with Crippen LogP contribution in [-0.4, -0.2) is 30.2 Å². The molecular weight excluding hydrogens is 350 g/mol. The quantitative estimate of drug-likeness (QED) is 0.621. The molecule has 0 aromatic heterocycles. The molecule has 0 spiro atoms. The second-order valence-corrected chi connectivity index (χ2v) is 4.93. The molecule has 2 aromatic rings. The first-order chi connectivity index (χ1) is 12.4. The normalized spacial score (nSPS) is 10.3. The monoisotopic (exact) mass is 366 g/mol. The number of halogens is 2. The van der Waals surface area contributed by atoms with Crippen LogP contribution in [0.3, 0.4) is 0 Å². The largest absolute Gasteiger partial charge is 0.490 e. The van der Waals surface area contributed by atoms with Gasteiger partial charge in [0.15, 0.2) is 11.5 Å². The van der Waals surface area contributed by atoms with E-state index in [-0.39, 0.29) is 29.2 Å². The van der Waals surface area contributed by atoms with Crippen molar-refractivity contribution < 1.29 is 33.0 Å². The number of amides is 1. The molecule has 3 N–H and O–H groups in total. The highest BCUT2D eigenvalue weighted by Gasteiger charge is 2.14. The third kappa shape index (κ3) is 5.07. The van der Waals surface area contributed by atoms with Crippen molar-refractivity contribution in [1.82, 2.24) is 5.43 Å². The van der Waals surface area contributed by atoms with Crippen LogP contribution >= 0.6 is 0 Å². The van der Waals surface area contributed by atoms with E-state index < -0.39 is 18.5 Å². The molecule has 138 valence electrons.